The van der Waals surface area contributed by atoms with Crippen molar-refractivity contribution in [3.63, 3.8) is 0 Å². The summed E-state index contributed by atoms with van der Waals surface area (Å²) in [6.07, 6.45) is 0. The second-order valence-electron chi connectivity index (χ2n) is 0.987. The Morgan fingerprint density at radius 2 is 1.75 bits per heavy atom. The van der Waals surface area contributed by atoms with E-state index in [9.17, 15) is 0 Å². The van der Waals surface area contributed by atoms with Gasteiger partial charge in [0.25, 0.3) is 0 Å². The number of rotatable bonds is 0. The van der Waals surface area contributed by atoms with Crippen LogP contribution in [0, 0.1) is 0 Å². The van der Waals surface area contributed by atoms with Crippen molar-refractivity contribution >= 4 is 0 Å². The SMILES string of the molecule is [NH]N1CC1. The fraction of sp³-hybridized carbons (Fsp3) is 1.00. The molecule has 1 fully saturated rings. The smallest absolute Gasteiger partial charge is 0.0287 e. The molecule has 1 saturated heterocycles. The molecule has 0 aromatic heterocycles. The van der Waals surface area contributed by atoms with Crippen LogP contribution in [0.1, 0.15) is 0 Å². The minimum absolute atomic E-state index is 0.986. The van der Waals surface area contributed by atoms with E-state index < -0.39 is 0 Å². The molecular weight excluding hydrogens is 52.0 g/mol. The normalized spacial score (nSPS) is 26.2. The molecule has 23 valence electrons. The van der Waals surface area contributed by atoms with Crippen molar-refractivity contribution < 1.29 is 0 Å². The molecule has 0 bridgehead atoms. The van der Waals surface area contributed by atoms with Gasteiger partial charge in [0.1, 0.15) is 0 Å². The minimum atomic E-state index is 0.986. The van der Waals surface area contributed by atoms with Gasteiger partial charge in [-0.1, -0.05) is 0 Å². The van der Waals surface area contributed by atoms with Gasteiger partial charge in [-0.25, -0.2) is 5.01 Å². The molecule has 0 spiro atoms. The van der Waals surface area contributed by atoms with Crippen LogP contribution in [0.4, 0.5) is 0 Å². The van der Waals surface area contributed by atoms with Gasteiger partial charge in [-0.05, 0) is 0 Å². The number of hydrogen-bond acceptors (Lipinski definition) is 1. The highest BCUT2D eigenvalue weighted by atomic mass is 15.5. The fourth-order valence-electron chi connectivity index (χ4n) is 0.0500. The molecule has 0 unspecified atom stereocenters. The van der Waals surface area contributed by atoms with Crippen molar-refractivity contribution in [3.05, 3.63) is 0 Å². The molecule has 1 radical (unpaired) electrons. The van der Waals surface area contributed by atoms with E-state index in [1.54, 1.807) is 0 Å². The largest absolute Gasteiger partial charge is 0.227 e. The molecule has 1 rings (SSSR count). The zero-order valence-corrected chi connectivity index (χ0v) is 2.36. The van der Waals surface area contributed by atoms with Gasteiger partial charge in [0.05, 0.1) is 0 Å². The Hall–Kier alpha value is -0.0800. The predicted octanol–water partition coefficient (Wildman–Crippen LogP) is -0.500. The summed E-state index contributed by atoms with van der Waals surface area (Å²) in [5.74, 6) is 6.53. The van der Waals surface area contributed by atoms with Crippen LogP contribution in [0.25, 0.3) is 0 Å². The average Bonchev–Trinajstić information content (AvgIpc) is 1.75. The Labute approximate surface area is 25.2 Å². The van der Waals surface area contributed by atoms with Gasteiger partial charge in [0.15, 0.2) is 0 Å². The lowest BCUT2D eigenvalue weighted by molar-refractivity contribution is 0.571. The first-order valence-corrected chi connectivity index (χ1v) is 1.36. The Morgan fingerprint density at radius 1 is 1.50 bits per heavy atom. The van der Waals surface area contributed by atoms with Gasteiger partial charge >= 0.3 is 0 Å². The molecular formula is C2H5N2. The van der Waals surface area contributed by atoms with E-state index >= 15 is 0 Å². The average molecular weight is 57.1 g/mol. The van der Waals surface area contributed by atoms with E-state index in [2.05, 4.69) is 0 Å². The molecule has 4 heavy (non-hydrogen) atoms. The van der Waals surface area contributed by atoms with Crippen molar-refractivity contribution in [1.82, 2.24) is 10.9 Å². The van der Waals surface area contributed by atoms with Gasteiger partial charge in [0.2, 0.25) is 0 Å². The van der Waals surface area contributed by atoms with E-state index in [0.29, 0.717) is 0 Å². The maximum absolute atomic E-state index is 6.53. The molecule has 2 nitrogen and oxygen atoms in total. The number of nitrogens with one attached hydrogen (secondary N) is 1. The van der Waals surface area contributed by atoms with Crippen molar-refractivity contribution in [2.45, 2.75) is 0 Å². The Morgan fingerprint density at radius 3 is 1.75 bits per heavy atom. The van der Waals surface area contributed by atoms with Crippen LogP contribution in [0.2, 0.25) is 0 Å². The van der Waals surface area contributed by atoms with Gasteiger partial charge in [-0.15, -0.1) is 0 Å². The van der Waals surface area contributed by atoms with Gasteiger partial charge in [-0.3, -0.25) is 0 Å². The second kappa shape index (κ2) is 0.445. The maximum Gasteiger partial charge on any atom is 0.0287 e. The van der Waals surface area contributed by atoms with Crippen LogP contribution in [0.3, 0.4) is 0 Å². The summed E-state index contributed by atoms with van der Waals surface area (Å²) < 4.78 is 0. The molecule has 1 N–H and O–H groups in total. The van der Waals surface area contributed by atoms with Crippen LogP contribution in [0.15, 0.2) is 0 Å². The van der Waals surface area contributed by atoms with Crippen LogP contribution < -0.4 is 5.84 Å². The Balaban J connectivity index is 2.17. The quantitative estimate of drug-likeness (QED) is 0.344. The minimum Gasteiger partial charge on any atom is -0.227 e. The summed E-state index contributed by atoms with van der Waals surface area (Å²) in [6.45, 7) is 1.97. The zero-order chi connectivity index (χ0) is 2.99. The molecule has 2 heteroatoms. The summed E-state index contributed by atoms with van der Waals surface area (Å²) in [4.78, 5) is 0. The number of hydrogen-bond donors (Lipinski definition) is 0. The van der Waals surface area contributed by atoms with Crippen LogP contribution in [-0.4, -0.2) is 18.1 Å². The molecule has 0 saturated carbocycles. The zero-order valence-electron chi connectivity index (χ0n) is 2.36. The fourth-order valence-corrected chi connectivity index (χ4v) is 0.0500. The summed E-state index contributed by atoms with van der Waals surface area (Å²) in [6, 6.07) is 0. The first kappa shape index (κ1) is 2.18. The summed E-state index contributed by atoms with van der Waals surface area (Å²) in [5.41, 5.74) is 0. The Kier molecular flexibility index (Phi) is 0.242. The van der Waals surface area contributed by atoms with Crippen LogP contribution in [0.5, 0.6) is 0 Å². The highest BCUT2D eigenvalue weighted by Gasteiger charge is 2.09. The van der Waals surface area contributed by atoms with Crippen LogP contribution in [-0.2, 0) is 0 Å². The summed E-state index contributed by atoms with van der Waals surface area (Å²) in [7, 11) is 0. The van der Waals surface area contributed by atoms with E-state index in [4.69, 9.17) is 5.84 Å². The lowest BCUT2D eigenvalue weighted by Gasteiger charge is -1.65. The molecule has 0 atom stereocenters. The predicted molar refractivity (Wildman–Crippen MR) is 14.7 cm³/mol. The Bertz CT molecular complexity index is 23.2. The third kappa shape index (κ3) is 0.191. The van der Waals surface area contributed by atoms with Gasteiger partial charge < -0.3 is 0 Å². The van der Waals surface area contributed by atoms with E-state index in [-0.39, 0.29) is 0 Å². The highest BCUT2D eigenvalue weighted by molar-refractivity contribution is 4.60. The van der Waals surface area contributed by atoms with E-state index in [0.717, 1.165) is 13.1 Å². The number of nitrogens with zero attached hydrogens (tertiary/aromatic N) is 1. The van der Waals surface area contributed by atoms with E-state index in [1.807, 2.05) is 0 Å². The molecule has 0 aromatic rings. The highest BCUT2D eigenvalue weighted by Crippen LogP contribution is 1.91. The monoisotopic (exact) mass is 57.0 g/mol. The van der Waals surface area contributed by atoms with Crippen molar-refractivity contribution in [3.8, 4) is 0 Å². The van der Waals surface area contributed by atoms with Crippen LogP contribution >= 0.6 is 0 Å². The molecule has 1 aliphatic rings. The maximum atomic E-state index is 6.53. The standard InChI is InChI=1S/C2H5N2/c3-4-1-2-4/h3H,1-2H2. The molecule has 0 aliphatic carbocycles. The molecule has 0 aromatic carbocycles. The lowest BCUT2D eigenvalue weighted by atomic mass is 11.0. The van der Waals surface area contributed by atoms with Crippen molar-refractivity contribution in [2.24, 2.45) is 0 Å². The first-order valence-electron chi connectivity index (χ1n) is 1.36. The summed E-state index contributed by atoms with van der Waals surface area (Å²) >= 11 is 0. The second-order valence-corrected chi connectivity index (χ2v) is 0.987. The third-order valence-electron chi connectivity index (χ3n) is 0.447. The molecule has 0 amide bonds. The molecule has 1 heterocycles. The van der Waals surface area contributed by atoms with Gasteiger partial charge in [-0.2, -0.15) is 5.84 Å². The van der Waals surface area contributed by atoms with Crippen molar-refractivity contribution in [1.29, 1.82) is 0 Å². The molecule has 1 aliphatic heterocycles. The van der Waals surface area contributed by atoms with E-state index in [1.165, 1.54) is 5.01 Å². The topological polar surface area (TPSA) is 26.8 Å². The lowest BCUT2D eigenvalue weighted by Crippen LogP contribution is -1.82. The van der Waals surface area contributed by atoms with Gasteiger partial charge in [0, 0.05) is 13.1 Å². The van der Waals surface area contributed by atoms with Crippen molar-refractivity contribution in [2.75, 3.05) is 13.1 Å². The summed E-state index contributed by atoms with van der Waals surface area (Å²) in [5, 5.41) is 1.50. The first-order chi connectivity index (χ1) is 1.89. The third-order valence-corrected chi connectivity index (χ3v) is 0.447.